The molecule has 2 aromatic carbocycles. The van der Waals surface area contributed by atoms with Gasteiger partial charge in [-0.15, -0.1) is 0 Å². The molecule has 182 valence electrons. The zero-order valence-corrected chi connectivity index (χ0v) is 19.9. The van der Waals surface area contributed by atoms with Crippen LogP contribution in [0.25, 0.3) is 0 Å². The summed E-state index contributed by atoms with van der Waals surface area (Å²) in [6.45, 7) is 3.81. The summed E-state index contributed by atoms with van der Waals surface area (Å²) in [7, 11) is 0. The summed E-state index contributed by atoms with van der Waals surface area (Å²) in [5.41, 5.74) is 4.31. The Morgan fingerprint density at radius 3 is 2.83 bits per heavy atom. The van der Waals surface area contributed by atoms with Crippen LogP contribution in [-0.4, -0.2) is 49.1 Å². The molecule has 2 aliphatic heterocycles. The molecule has 5 rings (SSSR count). The lowest BCUT2D eigenvalue weighted by molar-refractivity contribution is -0.123. The van der Waals surface area contributed by atoms with E-state index in [1.165, 1.54) is 6.26 Å². The Kier molecular flexibility index (Phi) is 6.86. The molecule has 3 aromatic rings. The maximum absolute atomic E-state index is 13.4. The van der Waals surface area contributed by atoms with E-state index in [0.717, 1.165) is 48.1 Å². The predicted molar refractivity (Wildman–Crippen MR) is 130 cm³/mol. The first-order valence-electron chi connectivity index (χ1n) is 12.1. The van der Waals surface area contributed by atoms with Gasteiger partial charge in [-0.3, -0.25) is 9.59 Å². The molecular formula is C28H30N2O5. The van der Waals surface area contributed by atoms with Crippen LogP contribution >= 0.6 is 0 Å². The molecule has 0 spiro atoms. The van der Waals surface area contributed by atoms with Crippen LogP contribution in [0.4, 0.5) is 0 Å². The summed E-state index contributed by atoms with van der Waals surface area (Å²) in [5, 5.41) is 2.88. The Labute approximate surface area is 205 Å². The number of hydrogen-bond acceptors (Lipinski definition) is 5. The molecule has 2 atom stereocenters. The molecule has 2 amide bonds. The van der Waals surface area contributed by atoms with Crippen molar-refractivity contribution in [1.29, 1.82) is 0 Å². The summed E-state index contributed by atoms with van der Waals surface area (Å²) in [6, 6.07) is 17.2. The highest BCUT2D eigenvalue weighted by atomic mass is 16.5. The molecule has 7 nitrogen and oxygen atoms in total. The molecule has 1 N–H and O–H groups in total. The molecule has 1 saturated heterocycles. The monoisotopic (exact) mass is 474 g/mol. The van der Waals surface area contributed by atoms with Crippen molar-refractivity contribution in [2.24, 2.45) is 0 Å². The minimum atomic E-state index is -0.284. The number of rotatable bonds is 7. The van der Waals surface area contributed by atoms with Gasteiger partial charge in [0.15, 0.2) is 12.4 Å². The molecule has 0 radical (unpaired) electrons. The van der Waals surface area contributed by atoms with E-state index in [9.17, 15) is 9.59 Å². The molecule has 3 heterocycles. The van der Waals surface area contributed by atoms with Gasteiger partial charge in [-0.1, -0.05) is 35.9 Å². The zero-order valence-electron chi connectivity index (χ0n) is 19.9. The number of carbonyl (C=O) groups is 2. The lowest BCUT2D eigenvalue weighted by Gasteiger charge is -2.37. The summed E-state index contributed by atoms with van der Waals surface area (Å²) >= 11 is 0. The number of ether oxygens (including phenoxy) is 2. The number of aryl methyl sites for hydroxylation is 1. The number of furan rings is 1. The van der Waals surface area contributed by atoms with Crippen LogP contribution in [0.3, 0.4) is 0 Å². The number of carbonyl (C=O) groups excluding carboxylic acids is 2. The molecule has 0 aliphatic carbocycles. The fourth-order valence-electron chi connectivity index (χ4n) is 4.88. The van der Waals surface area contributed by atoms with Crippen molar-refractivity contribution in [1.82, 2.24) is 10.2 Å². The van der Waals surface area contributed by atoms with Crippen molar-refractivity contribution < 1.29 is 23.5 Å². The fourth-order valence-corrected chi connectivity index (χ4v) is 4.88. The lowest BCUT2D eigenvalue weighted by Crippen LogP contribution is -2.40. The largest absolute Gasteiger partial charge is 0.484 e. The van der Waals surface area contributed by atoms with E-state index in [0.29, 0.717) is 24.6 Å². The van der Waals surface area contributed by atoms with Crippen LogP contribution in [-0.2, 0) is 16.0 Å². The lowest BCUT2D eigenvalue weighted by atomic mass is 9.87. The molecule has 0 saturated carbocycles. The van der Waals surface area contributed by atoms with Gasteiger partial charge in [0.2, 0.25) is 0 Å². The van der Waals surface area contributed by atoms with E-state index in [1.54, 1.807) is 12.1 Å². The molecule has 1 fully saturated rings. The van der Waals surface area contributed by atoms with Crippen LogP contribution in [0.1, 0.15) is 51.7 Å². The van der Waals surface area contributed by atoms with E-state index >= 15 is 0 Å². The summed E-state index contributed by atoms with van der Waals surface area (Å²) in [4.78, 5) is 27.5. The van der Waals surface area contributed by atoms with E-state index in [-0.39, 0.29) is 30.6 Å². The molecular weight excluding hydrogens is 444 g/mol. The van der Waals surface area contributed by atoms with Gasteiger partial charge in [0.25, 0.3) is 11.8 Å². The molecule has 7 heteroatoms. The number of fused-ring (bicyclic) bond motifs is 1. The molecule has 35 heavy (non-hydrogen) atoms. The topological polar surface area (TPSA) is 81.0 Å². The zero-order chi connectivity index (χ0) is 24.2. The van der Waals surface area contributed by atoms with E-state index in [4.69, 9.17) is 13.9 Å². The van der Waals surface area contributed by atoms with Gasteiger partial charge in [0.1, 0.15) is 5.75 Å². The van der Waals surface area contributed by atoms with Crippen molar-refractivity contribution in [2.45, 2.75) is 38.3 Å². The number of hydrogen-bond donors (Lipinski definition) is 1. The first-order valence-corrected chi connectivity index (χ1v) is 12.1. The van der Waals surface area contributed by atoms with Crippen molar-refractivity contribution in [3.05, 3.63) is 88.9 Å². The Morgan fingerprint density at radius 1 is 1.14 bits per heavy atom. The smallest absolute Gasteiger partial charge is 0.290 e. The van der Waals surface area contributed by atoms with Gasteiger partial charge in [0.05, 0.1) is 18.4 Å². The Morgan fingerprint density at radius 2 is 2.06 bits per heavy atom. The average molecular weight is 475 g/mol. The van der Waals surface area contributed by atoms with E-state index in [2.05, 4.69) is 11.4 Å². The fraction of sp³-hybridized carbons (Fsp3) is 0.357. The van der Waals surface area contributed by atoms with Gasteiger partial charge in [-0.25, -0.2) is 0 Å². The van der Waals surface area contributed by atoms with Crippen LogP contribution in [0, 0.1) is 6.92 Å². The van der Waals surface area contributed by atoms with Gasteiger partial charge < -0.3 is 24.1 Å². The first kappa shape index (κ1) is 23.2. The second kappa shape index (κ2) is 10.4. The highest BCUT2D eigenvalue weighted by Crippen LogP contribution is 2.38. The molecule has 1 aromatic heterocycles. The highest BCUT2D eigenvalue weighted by Gasteiger charge is 2.34. The molecule has 0 bridgehead atoms. The van der Waals surface area contributed by atoms with Crippen molar-refractivity contribution in [3.8, 4) is 5.75 Å². The third kappa shape index (κ3) is 5.25. The maximum Gasteiger partial charge on any atom is 0.290 e. The third-order valence-corrected chi connectivity index (χ3v) is 6.62. The summed E-state index contributed by atoms with van der Waals surface area (Å²) in [5.74, 6) is 0.595. The van der Waals surface area contributed by atoms with Crippen LogP contribution < -0.4 is 10.1 Å². The highest BCUT2D eigenvalue weighted by molar-refractivity contribution is 5.92. The Balaban J connectivity index is 1.37. The van der Waals surface area contributed by atoms with Crippen LogP contribution in [0.5, 0.6) is 5.75 Å². The van der Waals surface area contributed by atoms with Gasteiger partial charge in [-0.2, -0.15) is 0 Å². The molecule has 0 unspecified atom stereocenters. The minimum absolute atomic E-state index is 0.0738. The van der Waals surface area contributed by atoms with Gasteiger partial charge >= 0.3 is 0 Å². The van der Waals surface area contributed by atoms with E-state index < -0.39 is 0 Å². The second-order valence-corrected chi connectivity index (χ2v) is 9.13. The maximum atomic E-state index is 13.4. The van der Waals surface area contributed by atoms with Crippen molar-refractivity contribution >= 4 is 11.8 Å². The number of benzene rings is 2. The number of nitrogens with one attached hydrogen (secondary N) is 1. The Hall–Kier alpha value is -3.58. The Bertz CT molecular complexity index is 1180. The normalized spacial score (nSPS) is 19.3. The predicted octanol–water partition coefficient (Wildman–Crippen LogP) is 4.05. The number of nitrogens with zero attached hydrogens (tertiary/aromatic N) is 1. The van der Waals surface area contributed by atoms with Gasteiger partial charge in [0, 0.05) is 19.7 Å². The van der Waals surface area contributed by atoms with E-state index in [1.807, 2.05) is 48.2 Å². The van der Waals surface area contributed by atoms with Crippen molar-refractivity contribution in [3.63, 3.8) is 0 Å². The number of amides is 2. The molecule has 2 aliphatic rings. The van der Waals surface area contributed by atoms with Gasteiger partial charge in [-0.05, 0) is 67.1 Å². The third-order valence-electron chi connectivity index (χ3n) is 6.62. The quantitative estimate of drug-likeness (QED) is 0.559. The summed E-state index contributed by atoms with van der Waals surface area (Å²) < 4.78 is 16.8. The first-order chi connectivity index (χ1) is 17.1. The SMILES string of the molecule is Cc1cccc([C@@H]2c3cc(OCC(=O)NC[C@H]4CCCO4)ccc3CCN2C(=O)c2ccco2)c1. The standard InChI is InChI=1S/C28H30N2O5/c1-19-5-2-6-21(15-19)27-24-16-22(35-18-26(31)29-17-23-7-3-13-33-23)10-9-20(24)11-12-30(27)28(32)25-8-4-14-34-25/h2,4-6,8-10,14-16,23,27H,3,7,11-13,17-18H2,1H3,(H,29,31)/t23-,27-/m1/s1. The second-order valence-electron chi connectivity index (χ2n) is 9.13. The minimum Gasteiger partial charge on any atom is -0.484 e. The van der Waals surface area contributed by atoms with Crippen LogP contribution in [0.15, 0.2) is 65.3 Å². The van der Waals surface area contributed by atoms with Crippen molar-refractivity contribution in [2.75, 3.05) is 26.3 Å². The van der Waals surface area contributed by atoms with Crippen LogP contribution in [0.2, 0.25) is 0 Å². The summed E-state index contributed by atoms with van der Waals surface area (Å²) in [6.07, 6.45) is 4.35. The average Bonchev–Trinajstić information content (AvgIpc) is 3.60.